The molecule has 3 aromatic rings. The van der Waals surface area contributed by atoms with Crippen molar-refractivity contribution in [1.82, 2.24) is 15.5 Å². The third-order valence-electron chi connectivity index (χ3n) is 3.77. The molecule has 3 rings (SSSR count). The molecule has 5 heteroatoms. The number of H-pyrrole nitrogens is 1. The molecule has 0 unspecified atom stereocenters. The molecular formula is C19H21N3OS. The maximum absolute atomic E-state index is 12.1. The smallest absolute Gasteiger partial charge is 0.0695 e. The van der Waals surface area contributed by atoms with Crippen LogP contribution in [0.4, 0.5) is 0 Å². The van der Waals surface area contributed by atoms with Gasteiger partial charge in [0.1, 0.15) is 0 Å². The first-order chi connectivity index (χ1) is 11.8. The third-order valence-corrected chi connectivity index (χ3v) is 5.09. The first-order valence-electron chi connectivity index (χ1n) is 8.00. The predicted molar refractivity (Wildman–Crippen MR) is 98.9 cm³/mol. The molecule has 4 nitrogen and oxygen atoms in total. The monoisotopic (exact) mass is 339 g/mol. The number of nitrogens with zero attached hydrogens (tertiary/aromatic N) is 1. The van der Waals surface area contributed by atoms with Crippen LogP contribution in [0.25, 0.3) is 11.3 Å². The minimum atomic E-state index is -0.847. The number of rotatable bonds is 8. The third kappa shape index (κ3) is 4.63. The highest BCUT2D eigenvalue weighted by molar-refractivity contribution is 7.84. The van der Waals surface area contributed by atoms with Crippen molar-refractivity contribution in [3.63, 3.8) is 0 Å². The lowest BCUT2D eigenvalue weighted by atomic mass is 10.1. The Morgan fingerprint density at radius 3 is 2.46 bits per heavy atom. The van der Waals surface area contributed by atoms with E-state index in [0.29, 0.717) is 18.1 Å². The Bertz CT molecular complexity index is 772. The summed E-state index contributed by atoms with van der Waals surface area (Å²) >= 11 is 0. The molecule has 0 fully saturated rings. The molecule has 0 amide bonds. The molecule has 2 N–H and O–H groups in total. The highest BCUT2D eigenvalue weighted by Gasteiger charge is 2.07. The number of aromatic nitrogens is 2. The van der Waals surface area contributed by atoms with Crippen molar-refractivity contribution in [3.8, 4) is 11.3 Å². The molecule has 0 bridgehead atoms. The number of hydrogen-bond acceptors (Lipinski definition) is 3. The van der Waals surface area contributed by atoms with Gasteiger partial charge in [-0.05, 0) is 11.1 Å². The van der Waals surface area contributed by atoms with Crippen LogP contribution in [0.2, 0.25) is 0 Å². The number of benzene rings is 2. The average molecular weight is 339 g/mol. The molecule has 124 valence electrons. The molecule has 24 heavy (non-hydrogen) atoms. The van der Waals surface area contributed by atoms with E-state index in [1.807, 2.05) is 54.7 Å². The van der Waals surface area contributed by atoms with E-state index in [4.69, 9.17) is 0 Å². The van der Waals surface area contributed by atoms with Gasteiger partial charge in [0.05, 0.1) is 11.9 Å². The van der Waals surface area contributed by atoms with E-state index in [1.54, 1.807) is 0 Å². The fourth-order valence-electron chi connectivity index (χ4n) is 2.54. The van der Waals surface area contributed by atoms with E-state index in [0.717, 1.165) is 28.9 Å². The summed E-state index contributed by atoms with van der Waals surface area (Å²) in [7, 11) is -0.847. The van der Waals surface area contributed by atoms with Crippen molar-refractivity contribution < 1.29 is 4.21 Å². The van der Waals surface area contributed by atoms with Crippen molar-refractivity contribution in [2.45, 2.75) is 12.3 Å². The van der Waals surface area contributed by atoms with Crippen LogP contribution in [0.5, 0.6) is 0 Å². The summed E-state index contributed by atoms with van der Waals surface area (Å²) in [6, 6.07) is 20.1. The zero-order valence-corrected chi connectivity index (χ0v) is 14.3. The van der Waals surface area contributed by atoms with Gasteiger partial charge in [0.25, 0.3) is 0 Å². The van der Waals surface area contributed by atoms with Crippen LogP contribution >= 0.6 is 0 Å². The van der Waals surface area contributed by atoms with Gasteiger partial charge in [0.15, 0.2) is 0 Å². The summed E-state index contributed by atoms with van der Waals surface area (Å²) in [6.45, 7) is 1.43. The Morgan fingerprint density at radius 1 is 1.00 bits per heavy atom. The molecule has 0 aliphatic rings. The molecule has 1 heterocycles. The summed E-state index contributed by atoms with van der Waals surface area (Å²) in [5.41, 5.74) is 4.40. The van der Waals surface area contributed by atoms with Crippen LogP contribution in [0.15, 0.2) is 66.9 Å². The first kappa shape index (κ1) is 16.6. The van der Waals surface area contributed by atoms with Gasteiger partial charge in [-0.3, -0.25) is 9.31 Å². The largest absolute Gasteiger partial charge is 0.312 e. The molecule has 1 aromatic heterocycles. The van der Waals surface area contributed by atoms with E-state index in [9.17, 15) is 4.21 Å². The highest BCUT2D eigenvalue weighted by atomic mass is 32.2. The second-order valence-corrected chi connectivity index (χ2v) is 7.16. The first-order valence-corrected chi connectivity index (χ1v) is 9.49. The Hall–Kier alpha value is -2.24. The molecule has 0 aliphatic carbocycles. The van der Waals surface area contributed by atoms with Gasteiger partial charge in [-0.25, -0.2) is 0 Å². The zero-order valence-electron chi connectivity index (χ0n) is 13.4. The quantitative estimate of drug-likeness (QED) is 0.620. The van der Waals surface area contributed by atoms with Gasteiger partial charge in [-0.2, -0.15) is 5.10 Å². The van der Waals surface area contributed by atoms with Crippen molar-refractivity contribution in [2.75, 3.05) is 12.3 Å². The molecule has 0 aliphatic heterocycles. The maximum Gasteiger partial charge on any atom is 0.0695 e. The van der Waals surface area contributed by atoms with E-state index in [1.165, 1.54) is 0 Å². The Morgan fingerprint density at radius 2 is 1.71 bits per heavy atom. The molecule has 1 atom stereocenters. The maximum atomic E-state index is 12.1. The van der Waals surface area contributed by atoms with Crippen LogP contribution in [0, 0.1) is 0 Å². The standard InChI is InChI=1S/C19H21N3OS/c23-24(15-16-7-3-1-4-8-16)12-11-20-13-18-14-21-22-19(18)17-9-5-2-6-10-17/h1-10,14,20H,11-13,15H2,(H,21,22)/t24-/m0/s1. The minimum Gasteiger partial charge on any atom is -0.312 e. The SMILES string of the molecule is O=[S@@](CCNCc1cn[nH]c1-c1ccccc1)Cc1ccccc1. The Labute approximate surface area is 144 Å². The average Bonchev–Trinajstić information content (AvgIpc) is 3.09. The van der Waals surface area contributed by atoms with Crippen LogP contribution in [-0.2, 0) is 23.1 Å². The highest BCUT2D eigenvalue weighted by Crippen LogP contribution is 2.20. The lowest BCUT2D eigenvalue weighted by molar-refractivity contribution is 0.673. The second-order valence-electron chi connectivity index (χ2n) is 5.59. The lowest BCUT2D eigenvalue weighted by Crippen LogP contribution is -2.20. The van der Waals surface area contributed by atoms with Crippen molar-refractivity contribution in [1.29, 1.82) is 0 Å². The topological polar surface area (TPSA) is 57.8 Å². The minimum absolute atomic E-state index is 0.615. The summed E-state index contributed by atoms with van der Waals surface area (Å²) in [6.07, 6.45) is 1.84. The van der Waals surface area contributed by atoms with Gasteiger partial charge in [-0.15, -0.1) is 0 Å². The molecule has 0 saturated carbocycles. The van der Waals surface area contributed by atoms with Gasteiger partial charge in [-0.1, -0.05) is 60.7 Å². The normalized spacial score (nSPS) is 12.2. The van der Waals surface area contributed by atoms with Gasteiger partial charge < -0.3 is 5.32 Å². The van der Waals surface area contributed by atoms with E-state index in [2.05, 4.69) is 27.6 Å². The fourth-order valence-corrected chi connectivity index (χ4v) is 3.62. The van der Waals surface area contributed by atoms with Crippen molar-refractivity contribution in [2.24, 2.45) is 0 Å². The Balaban J connectivity index is 1.46. The van der Waals surface area contributed by atoms with E-state index < -0.39 is 10.8 Å². The second kappa shape index (κ2) is 8.57. The van der Waals surface area contributed by atoms with E-state index in [-0.39, 0.29) is 0 Å². The number of nitrogens with one attached hydrogen (secondary N) is 2. The van der Waals surface area contributed by atoms with E-state index >= 15 is 0 Å². The zero-order chi connectivity index (χ0) is 16.6. The van der Waals surface area contributed by atoms with Crippen LogP contribution < -0.4 is 5.32 Å². The summed E-state index contributed by atoms with van der Waals surface area (Å²) in [5, 5.41) is 10.6. The molecule has 0 radical (unpaired) electrons. The predicted octanol–water partition coefficient (Wildman–Crippen LogP) is 3.12. The van der Waals surface area contributed by atoms with Crippen LogP contribution in [0.1, 0.15) is 11.1 Å². The number of aromatic amines is 1. The van der Waals surface area contributed by atoms with Gasteiger partial charge >= 0.3 is 0 Å². The molecule has 0 saturated heterocycles. The summed E-state index contributed by atoms with van der Waals surface area (Å²) < 4.78 is 12.1. The van der Waals surface area contributed by atoms with Crippen molar-refractivity contribution in [3.05, 3.63) is 78.0 Å². The van der Waals surface area contributed by atoms with Gasteiger partial charge in [0, 0.05) is 41.0 Å². The summed E-state index contributed by atoms with van der Waals surface area (Å²) in [4.78, 5) is 0. The van der Waals surface area contributed by atoms with Crippen LogP contribution in [-0.4, -0.2) is 26.7 Å². The molecular weight excluding hydrogens is 318 g/mol. The molecule has 2 aromatic carbocycles. The van der Waals surface area contributed by atoms with Crippen molar-refractivity contribution >= 4 is 10.8 Å². The van der Waals surface area contributed by atoms with Crippen LogP contribution in [0.3, 0.4) is 0 Å². The molecule has 0 spiro atoms. The number of hydrogen-bond donors (Lipinski definition) is 2. The summed E-state index contributed by atoms with van der Waals surface area (Å²) in [5.74, 6) is 1.26. The fraction of sp³-hybridized carbons (Fsp3) is 0.211. The Kier molecular flexibility index (Phi) is 5.93. The lowest BCUT2D eigenvalue weighted by Gasteiger charge is -2.06. The van der Waals surface area contributed by atoms with Gasteiger partial charge in [0.2, 0.25) is 0 Å².